The summed E-state index contributed by atoms with van der Waals surface area (Å²) in [6, 6.07) is 11.9. The van der Waals surface area contributed by atoms with Gasteiger partial charge in [0.15, 0.2) is 29.0 Å². The molecule has 2 heterocycles. The monoisotopic (exact) mass is 594 g/mol. The van der Waals surface area contributed by atoms with Gasteiger partial charge in [0.1, 0.15) is 34.8 Å². The van der Waals surface area contributed by atoms with Gasteiger partial charge in [-0.05, 0) is 48.0 Å². The molecule has 0 spiro atoms. The number of hydrogen-bond acceptors (Lipinski definition) is 13. The molecule has 1 aliphatic heterocycles. The second-order valence-corrected chi connectivity index (χ2v) is 9.69. The third kappa shape index (κ3) is 5.90. The maximum absolute atomic E-state index is 13.5. The largest absolute Gasteiger partial charge is 0.508 e. The van der Waals surface area contributed by atoms with E-state index >= 15 is 0 Å². The summed E-state index contributed by atoms with van der Waals surface area (Å²) in [4.78, 5) is 25.8. The van der Waals surface area contributed by atoms with Gasteiger partial charge >= 0.3 is 5.97 Å². The Kier molecular flexibility index (Phi) is 7.87. The summed E-state index contributed by atoms with van der Waals surface area (Å²) in [6.07, 6.45) is -0.998. The van der Waals surface area contributed by atoms with E-state index in [0.717, 1.165) is 18.2 Å². The van der Waals surface area contributed by atoms with E-state index in [2.05, 4.69) is 0 Å². The highest BCUT2D eigenvalue weighted by molar-refractivity contribution is 5.88. The first-order chi connectivity index (χ1) is 20.5. The molecule has 1 fully saturated rings. The molecule has 0 bridgehead atoms. The Hall–Kier alpha value is -5.24. The van der Waals surface area contributed by atoms with Crippen molar-refractivity contribution in [1.29, 1.82) is 0 Å². The van der Waals surface area contributed by atoms with Crippen molar-refractivity contribution >= 4 is 23.0 Å². The molecule has 0 aliphatic carbocycles. The quantitative estimate of drug-likeness (QED) is 0.128. The van der Waals surface area contributed by atoms with Crippen LogP contribution in [0.1, 0.15) is 5.56 Å². The van der Waals surface area contributed by atoms with E-state index in [4.69, 9.17) is 23.4 Å². The molecular weight excluding hydrogens is 568 g/mol. The van der Waals surface area contributed by atoms with Crippen LogP contribution < -0.4 is 14.9 Å². The highest BCUT2D eigenvalue weighted by atomic mass is 16.7. The van der Waals surface area contributed by atoms with Crippen LogP contribution >= 0.6 is 0 Å². The minimum atomic E-state index is -2.13. The number of phenolic OH excluding ortho intramolecular Hbond substituents is 4. The third-order valence-corrected chi connectivity index (χ3v) is 6.67. The number of aliphatic hydroxyl groups excluding tert-OH is 1. The Morgan fingerprint density at radius 2 is 1.77 bits per heavy atom. The van der Waals surface area contributed by atoms with Crippen LogP contribution in [0.4, 0.5) is 0 Å². The number of phenols is 4. The predicted molar refractivity (Wildman–Crippen MR) is 149 cm³/mol. The average molecular weight is 595 g/mol. The predicted octanol–water partition coefficient (Wildman–Crippen LogP) is 2.37. The van der Waals surface area contributed by atoms with Crippen LogP contribution in [0, 0.1) is 0 Å². The Morgan fingerprint density at radius 3 is 2.49 bits per heavy atom. The summed E-state index contributed by atoms with van der Waals surface area (Å²) in [6.45, 7) is -1.25. The zero-order chi connectivity index (χ0) is 30.9. The molecule has 1 saturated heterocycles. The minimum absolute atomic E-state index is 0.0727. The van der Waals surface area contributed by atoms with Gasteiger partial charge in [-0.25, -0.2) is 4.79 Å². The van der Waals surface area contributed by atoms with Crippen molar-refractivity contribution in [3.05, 3.63) is 76.5 Å². The first-order valence-corrected chi connectivity index (χ1v) is 12.7. The summed E-state index contributed by atoms with van der Waals surface area (Å²) >= 11 is 0. The number of carbonyl (C=O) groups excluding carboxylic acids is 1. The number of rotatable bonds is 8. The van der Waals surface area contributed by atoms with Gasteiger partial charge in [-0.1, -0.05) is 6.07 Å². The molecule has 4 aromatic rings. The number of hydrogen-bond donors (Lipinski definition) is 6. The van der Waals surface area contributed by atoms with Gasteiger partial charge in [-0.3, -0.25) is 4.79 Å². The highest BCUT2D eigenvalue weighted by Crippen LogP contribution is 2.38. The van der Waals surface area contributed by atoms with Crippen LogP contribution in [-0.4, -0.2) is 74.9 Å². The molecule has 43 heavy (non-hydrogen) atoms. The molecule has 3 atom stereocenters. The number of fused-ring (bicyclic) bond motifs is 1. The Bertz CT molecular complexity index is 1760. The number of benzene rings is 3. The van der Waals surface area contributed by atoms with Crippen molar-refractivity contribution < 1.29 is 58.8 Å². The van der Waals surface area contributed by atoms with Crippen LogP contribution in [-0.2, 0) is 14.3 Å². The zero-order valence-corrected chi connectivity index (χ0v) is 22.5. The molecule has 13 nitrogen and oxygen atoms in total. The fourth-order valence-electron chi connectivity index (χ4n) is 4.38. The SMILES string of the molecule is COc1cc(/C=C/C(=O)OC[C@@]2(O)CO[C@@H](Oc3c(-c4ccc(O)cc4)oc4cc(O)cc(O)c4c3=O)[C@@H]2O)ccc1O. The summed E-state index contributed by atoms with van der Waals surface area (Å²) < 4.78 is 27.0. The van der Waals surface area contributed by atoms with Gasteiger partial charge in [-0.15, -0.1) is 0 Å². The number of aromatic hydroxyl groups is 4. The van der Waals surface area contributed by atoms with Crippen molar-refractivity contribution in [2.75, 3.05) is 20.3 Å². The van der Waals surface area contributed by atoms with Crippen LogP contribution in [0.5, 0.6) is 34.5 Å². The van der Waals surface area contributed by atoms with Crippen LogP contribution in [0.3, 0.4) is 0 Å². The maximum atomic E-state index is 13.5. The Morgan fingerprint density at radius 1 is 1.02 bits per heavy atom. The van der Waals surface area contributed by atoms with E-state index in [1.807, 2.05) is 0 Å². The number of methoxy groups -OCH3 is 1. The van der Waals surface area contributed by atoms with Gasteiger partial charge in [0, 0.05) is 23.8 Å². The molecule has 0 saturated carbocycles. The van der Waals surface area contributed by atoms with E-state index in [-0.39, 0.29) is 45.3 Å². The second-order valence-electron chi connectivity index (χ2n) is 9.69. The minimum Gasteiger partial charge on any atom is -0.508 e. The topological polar surface area (TPSA) is 206 Å². The van der Waals surface area contributed by atoms with Gasteiger partial charge < -0.3 is 54.0 Å². The molecule has 0 amide bonds. The lowest BCUT2D eigenvalue weighted by molar-refractivity contribution is -0.153. The van der Waals surface area contributed by atoms with E-state index in [1.54, 1.807) is 0 Å². The highest BCUT2D eigenvalue weighted by Gasteiger charge is 2.51. The lowest BCUT2D eigenvalue weighted by Gasteiger charge is -2.25. The molecular formula is C30H26O13. The molecule has 1 aromatic heterocycles. The summed E-state index contributed by atoms with van der Waals surface area (Å²) in [5.74, 6) is -2.47. The van der Waals surface area contributed by atoms with Crippen LogP contribution in [0.25, 0.3) is 28.4 Å². The summed E-state index contributed by atoms with van der Waals surface area (Å²) in [5.41, 5.74) is -2.41. The second kappa shape index (κ2) is 11.6. The standard InChI is InChI=1S/C30H26O13/c1-39-21-10-15(2-8-19(21)33)3-9-23(35)40-13-30(38)14-41-29(28(30)37)43-27-25(36)24-20(34)11-18(32)12-22(24)42-26(27)16-4-6-17(31)7-5-16/h2-12,28-29,31-34,37-38H,13-14H2,1H3/b9-3+/t28-,29-,30+/m0/s1. The van der Waals surface area contributed by atoms with E-state index < -0.39 is 54.1 Å². The van der Waals surface area contributed by atoms with E-state index in [0.29, 0.717) is 5.56 Å². The van der Waals surface area contributed by atoms with Crippen LogP contribution in [0.2, 0.25) is 0 Å². The van der Waals surface area contributed by atoms with Crippen molar-refractivity contribution in [2.24, 2.45) is 0 Å². The molecule has 224 valence electrons. The molecule has 3 aromatic carbocycles. The molecule has 0 radical (unpaired) electrons. The fourth-order valence-corrected chi connectivity index (χ4v) is 4.38. The third-order valence-electron chi connectivity index (χ3n) is 6.67. The molecule has 5 rings (SSSR count). The first-order valence-electron chi connectivity index (χ1n) is 12.7. The number of aliphatic hydroxyl groups is 2. The number of esters is 1. The molecule has 13 heteroatoms. The van der Waals surface area contributed by atoms with Gasteiger partial charge in [0.25, 0.3) is 0 Å². The lowest BCUT2D eigenvalue weighted by Crippen LogP contribution is -2.49. The molecule has 6 N–H and O–H groups in total. The average Bonchev–Trinajstić information content (AvgIpc) is 3.25. The molecule has 1 aliphatic rings. The van der Waals surface area contributed by atoms with Crippen molar-refractivity contribution in [3.63, 3.8) is 0 Å². The Balaban J connectivity index is 1.36. The van der Waals surface area contributed by atoms with Crippen molar-refractivity contribution in [1.82, 2.24) is 0 Å². The summed E-state index contributed by atoms with van der Waals surface area (Å²) in [7, 11) is 1.37. The number of ether oxygens (including phenoxy) is 4. The van der Waals surface area contributed by atoms with Gasteiger partial charge in [0.05, 0.1) is 13.7 Å². The van der Waals surface area contributed by atoms with E-state index in [9.17, 15) is 40.2 Å². The summed E-state index contributed by atoms with van der Waals surface area (Å²) in [5, 5.41) is 61.1. The van der Waals surface area contributed by atoms with Crippen LogP contribution in [0.15, 0.2) is 69.9 Å². The lowest BCUT2D eigenvalue weighted by atomic mass is 10.0. The van der Waals surface area contributed by atoms with E-state index in [1.165, 1.54) is 55.7 Å². The van der Waals surface area contributed by atoms with Gasteiger partial charge in [0.2, 0.25) is 17.5 Å². The normalized spacial score (nSPS) is 20.0. The van der Waals surface area contributed by atoms with Gasteiger partial charge in [-0.2, -0.15) is 0 Å². The zero-order valence-electron chi connectivity index (χ0n) is 22.5. The van der Waals surface area contributed by atoms with Crippen molar-refractivity contribution in [3.8, 4) is 45.8 Å². The van der Waals surface area contributed by atoms with Crippen molar-refractivity contribution in [2.45, 2.75) is 18.0 Å². The first kappa shape index (κ1) is 29.3. The smallest absolute Gasteiger partial charge is 0.330 e. The number of carbonyl (C=O) groups is 1. The molecule has 0 unspecified atom stereocenters. The fraction of sp³-hybridized carbons (Fsp3) is 0.200. The Labute approximate surface area is 242 Å². The maximum Gasteiger partial charge on any atom is 0.330 e.